The number of pyridine rings is 2. The van der Waals surface area contributed by atoms with Gasteiger partial charge < -0.3 is 9.80 Å². The lowest BCUT2D eigenvalue weighted by Gasteiger charge is -2.43. The lowest BCUT2D eigenvalue weighted by atomic mass is 9.33. The average molecular weight is 422 g/mol. The van der Waals surface area contributed by atoms with Crippen LogP contribution in [0.25, 0.3) is 0 Å². The van der Waals surface area contributed by atoms with Gasteiger partial charge in [-0.2, -0.15) is 0 Å². The standard InChI is InChI=1S/C28H19BN4/c1-3-12-24-22(10-1)29-23-11-2-4-13-25(23)33(21-9-7-17-31-19-21)27-15-5-14-26(28(27)29)32(24)20-8-6-16-30-18-20/h1-19H. The molecule has 5 heteroatoms. The van der Waals surface area contributed by atoms with Gasteiger partial charge in [0, 0.05) is 35.1 Å². The van der Waals surface area contributed by atoms with Gasteiger partial charge in [-0.25, -0.2) is 0 Å². The van der Waals surface area contributed by atoms with Crippen molar-refractivity contribution in [3.63, 3.8) is 0 Å². The molecule has 0 amide bonds. The Morgan fingerprint density at radius 1 is 0.485 bits per heavy atom. The van der Waals surface area contributed by atoms with Crippen LogP contribution >= 0.6 is 0 Å². The molecule has 33 heavy (non-hydrogen) atoms. The molecular weight excluding hydrogens is 403 g/mol. The first-order chi connectivity index (χ1) is 16.4. The third-order valence-corrected chi connectivity index (χ3v) is 6.62. The summed E-state index contributed by atoms with van der Waals surface area (Å²) in [7, 11) is 0. The number of hydrogen-bond acceptors (Lipinski definition) is 4. The van der Waals surface area contributed by atoms with Crippen molar-refractivity contribution in [1.29, 1.82) is 0 Å². The van der Waals surface area contributed by atoms with Crippen LogP contribution in [0.15, 0.2) is 116 Å². The molecule has 7 rings (SSSR count). The fourth-order valence-corrected chi connectivity index (χ4v) is 5.36. The van der Waals surface area contributed by atoms with E-state index in [1.165, 1.54) is 39.1 Å². The van der Waals surface area contributed by atoms with Gasteiger partial charge in [-0.05, 0) is 64.9 Å². The normalized spacial score (nSPS) is 13.3. The molecule has 0 atom stereocenters. The predicted octanol–water partition coefficient (Wildman–Crippen LogP) is 4.56. The van der Waals surface area contributed by atoms with Crippen LogP contribution in [0.1, 0.15) is 0 Å². The molecule has 0 fully saturated rings. The second-order valence-corrected chi connectivity index (χ2v) is 8.35. The summed E-state index contributed by atoms with van der Waals surface area (Å²) in [5.41, 5.74) is 10.8. The van der Waals surface area contributed by atoms with Crippen molar-refractivity contribution in [3.05, 3.63) is 116 Å². The van der Waals surface area contributed by atoms with Gasteiger partial charge in [0.2, 0.25) is 0 Å². The van der Waals surface area contributed by atoms with E-state index in [1.54, 1.807) is 0 Å². The van der Waals surface area contributed by atoms with Crippen molar-refractivity contribution in [1.82, 2.24) is 9.97 Å². The average Bonchev–Trinajstić information content (AvgIpc) is 2.89. The molecular formula is C28H19BN4. The van der Waals surface area contributed by atoms with E-state index >= 15 is 0 Å². The summed E-state index contributed by atoms with van der Waals surface area (Å²) in [6.45, 7) is 0.157. The van der Waals surface area contributed by atoms with Crippen molar-refractivity contribution in [2.75, 3.05) is 9.80 Å². The van der Waals surface area contributed by atoms with Crippen molar-refractivity contribution in [2.45, 2.75) is 0 Å². The molecule has 0 saturated heterocycles. The summed E-state index contributed by atoms with van der Waals surface area (Å²) in [6, 6.07) is 32.3. The highest BCUT2D eigenvalue weighted by Crippen LogP contribution is 2.42. The van der Waals surface area contributed by atoms with E-state index in [0.29, 0.717) is 0 Å². The molecule has 2 aliphatic rings. The van der Waals surface area contributed by atoms with Crippen molar-refractivity contribution in [3.8, 4) is 0 Å². The topological polar surface area (TPSA) is 32.3 Å². The van der Waals surface area contributed by atoms with Crippen LogP contribution in [-0.2, 0) is 0 Å². The molecule has 0 N–H and O–H groups in total. The summed E-state index contributed by atoms with van der Waals surface area (Å²) in [5.74, 6) is 0. The zero-order valence-corrected chi connectivity index (χ0v) is 17.8. The maximum Gasteiger partial charge on any atom is 0.252 e. The van der Waals surface area contributed by atoms with E-state index in [9.17, 15) is 0 Å². The number of fused-ring (bicyclic) bond motifs is 4. The lowest BCUT2D eigenvalue weighted by Crippen LogP contribution is -2.61. The summed E-state index contributed by atoms with van der Waals surface area (Å²) in [5, 5.41) is 0. The van der Waals surface area contributed by atoms with E-state index in [0.717, 1.165) is 11.4 Å². The number of hydrogen-bond donors (Lipinski definition) is 0. The highest BCUT2D eigenvalue weighted by molar-refractivity contribution is 7.00. The van der Waals surface area contributed by atoms with E-state index in [-0.39, 0.29) is 6.71 Å². The Hall–Kier alpha value is -4.38. The summed E-state index contributed by atoms with van der Waals surface area (Å²) in [6.07, 6.45) is 7.52. The molecule has 2 aliphatic heterocycles. The molecule has 2 aromatic heterocycles. The van der Waals surface area contributed by atoms with Crippen molar-refractivity contribution < 1.29 is 0 Å². The molecule has 0 radical (unpaired) electrons. The molecule has 0 aliphatic carbocycles. The van der Waals surface area contributed by atoms with Crippen LogP contribution in [0.5, 0.6) is 0 Å². The zero-order valence-electron chi connectivity index (χ0n) is 17.8. The summed E-state index contributed by atoms with van der Waals surface area (Å²) < 4.78 is 0. The molecule has 3 aromatic carbocycles. The smallest absolute Gasteiger partial charge is 0.252 e. The maximum atomic E-state index is 4.42. The Morgan fingerprint density at radius 2 is 0.970 bits per heavy atom. The van der Waals surface area contributed by atoms with Crippen molar-refractivity contribution >= 4 is 57.2 Å². The van der Waals surface area contributed by atoms with Gasteiger partial charge >= 0.3 is 0 Å². The van der Waals surface area contributed by atoms with Crippen LogP contribution in [0.3, 0.4) is 0 Å². The third-order valence-electron chi connectivity index (χ3n) is 6.62. The lowest BCUT2D eigenvalue weighted by molar-refractivity contribution is 1.21. The number of nitrogens with zero attached hydrogens (tertiary/aromatic N) is 4. The molecule has 4 heterocycles. The first kappa shape index (κ1) is 18.2. The largest absolute Gasteiger partial charge is 0.310 e. The minimum atomic E-state index is 0.157. The van der Waals surface area contributed by atoms with Gasteiger partial charge in [-0.1, -0.05) is 42.5 Å². The molecule has 4 nitrogen and oxygen atoms in total. The van der Waals surface area contributed by atoms with E-state index in [1.807, 2.05) is 36.9 Å². The van der Waals surface area contributed by atoms with E-state index in [2.05, 4.69) is 98.6 Å². The number of anilines is 6. The minimum Gasteiger partial charge on any atom is -0.310 e. The van der Waals surface area contributed by atoms with Crippen LogP contribution in [0.2, 0.25) is 0 Å². The Kier molecular flexibility index (Phi) is 3.90. The zero-order chi connectivity index (χ0) is 21.8. The Morgan fingerprint density at radius 3 is 1.45 bits per heavy atom. The highest BCUT2D eigenvalue weighted by atomic mass is 15.2. The molecule has 0 unspecified atom stereocenters. The van der Waals surface area contributed by atoms with Crippen LogP contribution in [-0.4, -0.2) is 16.7 Å². The van der Waals surface area contributed by atoms with Gasteiger partial charge in [-0.15, -0.1) is 0 Å². The molecule has 0 bridgehead atoms. The number of rotatable bonds is 2. The predicted molar refractivity (Wildman–Crippen MR) is 136 cm³/mol. The Balaban J connectivity index is 1.58. The number of benzene rings is 3. The Bertz CT molecular complexity index is 1380. The number of aromatic nitrogens is 2. The van der Waals surface area contributed by atoms with E-state index in [4.69, 9.17) is 0 Å². The maximum absolute atomic E-state index is 4.42. The fourth-order valence-electron chi connectivity index (χ4n) is 5.36. The van der Waals surface area contributed by atoms with Gasteiger partial charge in [0.15, 0.2) is 0 Å². The summed E-state index contributed by atoms with van der Waals surface area (Å²) >= 11 is 0. The molecule has 5 aromatic rings. The quantitative estimate of drug-likeness (QED) is 0.383. The minimum absolute atomic E-state index is 0.157. The van der Waals surface area contributed by atoms with Crippen LogP contribution in [0, 0.1) is 0 Å². The number of para-hydroxylation sites is 2. The molecule has 0 saturated carbocycles. The van der Waals surface area contributed by atoms with Crippen molar-refractivity contribution in [2.24, 2.45) is 0 Å². The summed E-state index contributed by atoms with van der Waals surface area (Å²) in [4.78, 5) is 13.5. The van der Waals surface area contributed by atoms with Gasteiger partial charge in [-0.3, -0.25) is 9.97 Å². The first-order valence-corrected chi connectivity index (χ1v) is 11.1. The van der Waals surface area contributed by atoms with Gasteiger partial charge in [0.25, 0.3) is 6.71 Å². The monoisotopic (exact) mass is 422 g/mol. The molecule has 0 spiro atoms. The second kappa shape index (κ2) is 7.07. The first-order valence-electron chi connectivity index (χ1n) is 11.1. The highest BCUT2D eigenvalue weighted by Gasteiger charge is 2.42. The Labute approximate surface area is 192 Å². The fraction of sp³-hybridized carbons (Fsp3) is 0. The van der Waals surface area contributed by atoms with E-state index < -0.39 is 0 Å². The third kappa shape index (κ3) is 2.59. The second-order valence-electron chi connectivity index (χ2n) is 8.35. The van der Waals surface area contributed by atoms with Gasteiger partial charge in [0.05, 0.1) is 23.8 Å². The molecule has 154 valence electrons. The van der Waals surface area contributed by atoms with Crippen LogP contribution in [0.4, 0.5) is 34.1 Å². The van der Waals surface area contributed by atoms with Gasteiger partial charge in [0.1, 0.15) is 0 Å². The SMILES string of the molecule is c1cncc(N2c3ccccc3B3c4ccccc4N(c4cccnc4)c4cccc2c43)c1. The van der Waals surface area contributed by atoms with Crippen LogP contribution < -0.4 is 26.2 Å².